The van der Waals surface area contributed by atoms with Gasteiger partial charge in [0.1, 0.15) is 16.3 Å². The standard InChI is InChI=1S/C26H18ClNO2S/c1-29-18-9-7-15-6-8-17(12-16(15)13-18)28-25-21(4-3-5-22(25)27)24-20-11-10-19(30-2)14-23(20)31-26(24)28/h3-14H,1-2H3. The molecule has 5 heteroatoms. The Morgan fingerprint density at radius 1 is 0.774 bits per heavy atom. The van der Waals surface area contributed by atoms with Gasteiger partial charge < -0.3 is 9.47 Å². The number of halogens is 1. The number of thiophene rings is 1. The molecule has 2 aromatic heterocycles. The fourth-order valence-corrected chi connectivity index (χ4v) is 5.91. The zero-order valence-corrected chi connectivity index (χ0v) is 18.6. The molecule has 0 bridgehead atoms. The molecular formula is C26H18ClNO2S. The number of rotatable bonds is 3. The molecule has 0 atom stereocenters. The van der Waals surface area contributed by atoms with E-state index < -0.39 is 0 Å². The fraction of sp³-hybridized carbons (Fsp3) is 0.0769. The quantitative estimate of drug-likeness (QED) is 0.278. The molecule has 6 aromatic rings. The van der Waals surface area contributed by atoms with Crippen LogP contribution in [-0.4, -0.2) is 18.8 Å². The molecule has 0 fully saturated rings. The fourth-order valence-electron chi connectivity index (χ4n) is 4.38. The summed E-state index contributed by atoms with van der Waals surface area (Å²) in [7, 11) is 3.40. The van der Waals surface area contributed by atoms with Crippen LogP contribution < -0.4 is 9.47 Å². The van der Waals surface area contributed by atoms with Crippen molar-refractivity contribution in [2.75, 3.05) is 14.2 Å². The first-order chi connectivity index (χ1) is 15.2. The summed E-state index contributed by atoms with van der Waals surface area (Å²) in [6.07, 6.45) is 0. The number of para-hydroxylation sites is 1. The Kier molecular flexibility index (Phi) is 4.13. The maximum Gasteiger partial charge on any atom is 0.120 e. The average molecular weight is 444 g/mol. The second-order valence-electron chi connectivity index (χ2n) is 7.51. The average Bonchev–Trinajstić information content (AvgIpc) is 3.33. The van der Waals surface area contributed by atoms with Crippen molar-refractivity contribution in [2.24, 2.45) is 0 Å². The van der Waals surface area contributed by atoms with Gasteiger partial charge in [0.25, 0.3) is 0 Å². The molecule has 0 unspecified atom stereocenters. The van der Waals surface area contributed by atoms with Crippen molar-refractivity contribution < 1.29 is 9.47 Å². The number of hydrogen-bond donors (Lipinski definition) is 0. The van der Waals surface area contributed by atoms with E-state index >= 15 is 0 Å². The summed E-state index contributed by atoms with van der Waals surface area (Å²) in [5.41, 5.74) is 2.11. The summed E-state index contributed by atoms with van der Waals surface area (Å²) in [5.74, 6) is 1.71. The number of ether oxygens (including phenoxy) is 2. The molecule has 0 saturated heterocycles. The summed E-state index contributed by atoms with van der Waals surface area (Å²) in [4.78, 5) is 1.17. The van der Waals surface area contributed by atoms with Gasteiger partial charge >= 0.3 is 0 Å². The summed E-state index contributed by atoms with van der Waals surface area (Å²) in [6.45, 7) is 0. The van der Waals surface area contributed by atoms with Crippen LogP contribution in [0.1, 0.15) is 0 Å². The molecule has 0 radical (unpaired) electrons. The topological polar surface area (TPSA) is 23.4 Å². The molecule has 6 rings (SSSR count). The number of benzene rings is 4. The molecule has 152 valence electrons. The maximum absolute atomic E-state index is 6.75. The highest BCUT2D eigenvalue weighted by atomic mass is 35.5. The first-order valence-corrected chi connectivity index (χ1v) is 11.1. The minimum atomic E-state index is 0.744. The van der Waals surface area contributed by atoms with Gasteiger partial charge in [-0.15, -0.1) is 11.3 Å². The lowest BCUT2D eigenvalue weighted by molar-refractivity contribution is 0.415. The second kappa shape index (κ2) is 6.91. The van der Waals surface area contributed by atoms with Gasteiger partial charge in [0, 0.05) is 26.5 Å². The predicted molar refractivity (Wildman–Crippen MR) is 132 cm³/mol. The Hall–Kier alpha value is -3.21. The molecule has 0 amide bonds. The minimum Gasteiger partial charge on any atom is -0.497 e. The van der Waals surface area contributed by atoms with E-state index in [1.54, 1.807) is 25.6 Å². The van der Waals surface area contributed by atoms with Gasteiger partial charge in [-0.25, -0.2) is 0 Å². The van der Waals surface area contributed by atoms with Crippen molar-refractivity contribution in [1.82, 2.24) is 4.57 Å². The molecule has 0 aliphatic carbocycles. The lowest BCUT2D eigenvalue weighted by Crippen LogP contribution is -1.93. The number of aromatic nitrogens is 1. The third kappa shape index (κ3) is 2.72. The van der Waals surface area contributed by atoms with Crippen LogP contribution in [0, 0.1) is 0 Å². The van der Waals surface area contributed by atoms with E-state index in [0.29, 0.717) is 0 Å². The van der Waals surface area contributed by atoms with E-state index in [1.807, 2.05) is 24.3 Å². The third-order valence-corrected chi connectivity index (χ3v) is 7.29. The van der Waals surface area contributed by atoms with Crippen LogP contribution in [0.2, 0.25) is 5.02 Å². The van der Waals surface area contributed by atoms with Crippen molar-refractivity contribution in [3.8, 4) is 17.2 Å². The van der Waals surface area contributed by atoms with Crippen molar-refractivity contribution in [3.05, 3.63) is 77.8 Å². The zero-order chi connectivity index (χ0) is 21.1. The monoisotopic (exact) mass is 443 g/mol. The lowest BCUT2D eigenvalue weighted by Gasteiger charge is -2.10. The normalized spacial score (nSPS) is 11.7. The van der Waals surface area contributed by atoms with Crippen LogP contribution in [0.15, 0.2) is 72.8 Å². The molecule has 2 heterocycles. The highest BCUT2D eigenvalue weighted by Gasteiger charge is 2.20. The van der Waals surface area contributed by atoms with E-state index in [-0.39, 0.29) is 0 Å². The molecular weight excluding hydrogens is 426 g/mol. The van der Waals surface area contributed by atoms with E-state index in [1.165, 1.54) is 25.7 Å². The van der Waals surface area contributed by atoms with Gasteiger partial charge in [-0.05, 0) is 59.3 Å². The summed E-state index contributed by atoms with van der Waals surface area (Å²) < 4.78 is 14.4. The van der Waals surface area contributed by atoms with Crippen LogP contribution in [0.5, 0.6) is 11.5 Å². The lowest BCUT2D eigenvalue weighted by atomic mass is 10.1. The van der Waals surface area contributed by atoms with Gasteiger partial charge in [0.15, 0.2) is 0 Å². The molecule has 0 aliphatic rings. The second-order valence-corrected chi connectivity index (χ2v) is 8.95. The zero-order valence-electron chi connectivity index (χ0n) is 17.0. The first-order valence-electron chi connectivity index (χ1n) is 9.95. The van der Waals surface area contributed by atoms with Crippen LogP contribution in [0.25, 0.3) is 47.7 Å². The molecule has 0 N–H and O–H groups in total. The van der Waals surface area contributed by atoms with Crippen molar-refractivity contribution in [1.29, 1.82) is 0 Å². The Morgan fingerprint density at radius 3 is 2.39 bits per heavy atom. The van der Waals surface area contributed by atoms with E-state index in [0.717, 1.165) is 38.5 Å². The Balaban J connectivity index is 1.74. The largest absolute Gasteiger partial charge is 0.497 e. The Bertz CT molecular complexity index is 1630. The summed E-state index contributed by atoms with van der Waals surface area (Å²) in [5, 5.41) is 6.64. The molecule has 31 heavy (non-hydrogen) atoms. The van der Waals surface area contributed by atoms with E-state index in [4.69, 9.17) is 21.1 Å². The van der Waals surface area contributed by atoms with Gasteiger partial charge in [-0.2, -0.15) is 0 Å². The van der Waals surface area contributed by atoms with Crippen molar-refractivity contribution >= 4 is 64.9 Å². The predicted octanol–water partition coefficient (Wildman–Crippen LogP) is 7.82. The third-order valence-electron chi connectivity index (χ3n) is 5.85. The van der Waals surface area contributed by atoms with Gasteiger partial charge in [0.05, 0.1) is 24.8 Å². The highest BCUT2D eigenvalue weighted by molar-refractivity contribution is 7.25. The molecule has 0 spiro atoms. The summed E-state index contributed by atoms with van der Waals surface area (Å²) >= 11 is 8.51. The molecule has 0 saturated carbocycles. The molecule has 4 aromatic carbocycles. The minimum absolute atomic E-state index is 0.744. The van der Waals surface area contributed by atoms with Gasteiger partial charge in [-0.3, -0.25) is 4.57 Å². The summed E-state index contributed by atoms with van der Waals surface area (Å²) in [6, 6.07) is 25.0. The SMILES string of the molecule is COc1ccc2ccc(-n3c4sc5cc(OC)ccc5c4c4cccc(Cl)c43)cc2c1. The van der Waals surface area contributed by atoms with Crippen molar-refractivity contribution in [2.45, 2.75) is 0 Å². The van der Waals surface area contributed by atoms with Crippen LogP contribution in [0.4, 0.5) is 0 Å². The van der Waals surface area contributed by atoms with Crippen LogP contribution >= 0.6 is 22.9 Å². The Morgan fingerprint density at radius 2 is 1.55 bits per heavy atom. The number of fused-ring (bicyclic) bond motifs is 6. The molecule has 3 nitrogen and oxygen atoms in total. The maximum atomic E-state index is 6.75. The Labute approximate surface area is 188 Å². The van der Waals surface area contributed by atoms with E-state index in [9.17, 15) is 0 Å². The highest BCUT2D eigenvalue weighted by Crippen LogP contribution is 2.45. The van der Waals surface area contributed by atoms with Gasteiger partial charge in [0.2, 0.25) is 0 Å². The van der Waals surface area contributed by atoms with Gasteiger partial charge in [-0.1, -0.05) is 35.9 Å². The number of methoxy groups -OCH3 is 2. The smallest absolute Gasteiger partial charge is 0.120 e. The van der Waals surface area contributed by atoms with E-state index in [2.05, 4.69) is 53.1 Å². The van der Waals surface area contributed by atoms with Crippen LogP contribution in [-0.2, 0) is 0 Å². The number of nitrogens with zero attached hydrogens (tertiary/aromatic N) is 1. The van der Waals surface area contributed by atoms with Crippen LogP contribution in [0.3, 0.4) is 0 Å². The first kappa shape index (κ1) is 18.6. The number of hydrogen-bond acceptors (Lipinski definition) is 3. The molecule has 0 aliphatic heterocycles. The van der Waals surface area contributed by atoms with Crippen molar-refractivity contribution in [3.63, 3.8) is 0 Å².